The van der Waals surface area contributed by atoms with Crippen molar-refractivity contribution in [3.05, 3.63) is 65.0 Å². The Kier molecular flexibility index (Phi) is 4.12. The highest BCUT2D eigenvalue weighted by molar-refractivity contribution is 6.34. The molecule has 0 fully saturated rings. The molecule has 0 spiro atoms. The minimum absolute atomic E-state index is 0.135. The molecule has 8 heteroatoms. The normalized spacial score (nSPS) is 10.7. The van der Waals surface area contributed by atoms with Crippen molar-refractivity contribution in [3.8, 4) is 0 Å². The van der Waals surface area contributed by atoms with Crippen LogP contribution in [0.3, 0.4) is 0 Å². The Morgan fingerprint density at radius 1 is 1.35 bits per heavy atom. The van der Waals surface area contributed by atoms with Crippen LogP contribution in [0.25, 0.3) is 0 Å². The predicted molar refractivity (Wildman–Crippen MR) is 83.9 cm³/mol. The standard InChI is InChI=1S/C15H13ClFN5O/c1-21-9-12(16)14(20-21)15(23)19-11-6-18-22(8-11)7-10-4-2-3-5-13(10)17/h2-6,8-9H,7H2,1H3,(H,19,23). The third-order valence-electron chi connectivity index (χ3n) is 3.18. The third kappa shape index (κ3) is 3.40. The van der Waals surface area contributed by atoms with Gasteiger partial charge in [0, 0.05) is 25.0 Å². The highest BCUT2D eigenvalue weighted by Crippen LogP contribution is 2.16. The van der Waals surface area contributed by atoms with E-state index in [1.807, 2.05) is 0 Å². The van der Waals surface area contributed by atoms with Gasteiger partial charge in [0.05, 0.1) is 23.5 Å². The van der Waals surface area contributed by atoms with Gasteiger partial charge in [-0.1, -0.05) is 29.8 Å². The van der Waals surface area contributed by atoms with Crippen LogP contribution < -0.4 is 5.32 Å². The summed E-state index contributed by atoms with van der Waals surface area (Å²) >= 11 is 5.93. The molecule has 0 aliphatic rings. The van der Waals surface area contributed by atoms with E-state index >= 15 is 0 Å². The van der Waals surface area contributed by atoms with Crippen LogP contribution in [0.15, 0.2) is 42.9 Å². The van der Waals surface area contributed by atoms with Crippen molar-refractivity contribution in [2.45, 2.75) is 6.54 Å². The Morgan fingerprint density at radius 3 is 2.83 bits per heavy atom. The van der Waals surface area contributed by atoms with Crippen LogP contribution in [0.5, 0.6) is 0 Å². The second-order valence-corrected chi connectivity index (χ2v) is 5.38. The summed E-state index contributed by atoms with van der Waals surface area (Å²) in [5.41, 5.74) is 1.13. The fourth-order valence-corrected chi connectivity index (χ4v) is 2.38. The Bertz CT molecular complexity index is 857. The number of hydrogen-bond acceptors (Lipinski definition) is 3. The first-order valence-corrected chi connectivity index (χ1v) is 7.17. The van der Waals surface area contributed by atoms with Gasteiger partial charge in [-0.2, -0.15) is 10.2 Å². The van der Waals surface area contributed by atoms with E-state index in [4.69, 9.17) is 11.6 Å². The molecule has 0 bridgehead atoms. The van der Waals surface area contributed by atoms with Crippen molar-refractivity contribution in [2.75, 3.05) is 5.32 Å². The number of carbonyl (C=O) groups excluding carboxylic acids is 1. The molecule has 0 aliphatic heterocycles. The van der Waals surface area contributed by atoms with Gasteiger partial charge < -0.3 is 5.32 Å². The molecule has 2 aromatic heterocycles. The van der Waals surface area contributed by atoms with Crippen LogP contribution >= 0.6 is 11.6 Å². The lowest BCUT2D eigenvalue weighted by molar-refractivity contribution is 0.102. The first-order valence-electron chi connectivity index (χ1n) is 6.79. The molecule has 0 saturated heterocycles. The second kappa shape index (κ2) is 6.21. The van der Waals surface area contributed by atoms with Gasteiger partial charge in [0.1, 0.15) is 5.82 Å². The van der Waals surface area contributed by atoms with E-state index in [0.717, 1.165) is 0 Å². The highest BCUT2D eigenvalue weighted by Gasteiger charge is 2.15. The summed E-state index contributed by atoms with van der Waals surface area (Å²) in [5, 5.41) is 11.0. The maximum absolute atomic E-state index is 13.6. The van der Waals surface area contributed by atoms with Crippen LogP contribution in [-0.4, -0.2) is 25.5 Å². The van der Waals surface area contributed by atoms with Crippen molar-refractivity contribution in [2.24, 2.45) is 7.05 Å². The Labute approximate surface area is 136 Å². The molecule has 1 N–H and O–H groups in total. The number of rotatable bonds is 4. The summed E-state index contributed by atoms with van der Waals surface area (Å²) < 4.78 is 16.6. The van der Waals surface area contributed by atoms with E-state index in [0.29, 0.717) is 11.3 Å². The maximum Gasteiger partial charge on any atom is 0.277 e. The molecule has 6 nitrogen and oxygen atoms in total. The molecule has 23 heavy (non-hydrogen) atoms. The third-order valence-corrected chi connectivity index (χ3v) is 3.46. The van der Waals surface area contributed by atoms with Crippen molar-refractivity contribution in [3.63, 3.8) is 0 Å². The van der Waals surface area contributed by atoms with Gasteiger partial charge in [-0.25, -0.2) is 4.39 Å². The quantitative estimate of drug-likeness (QED) is 0.798. The van der Waals surface area contributed by atoms with E-state index in [2.05, 4.69) is 15.5 Å². The van der Waals surface area contributed by atoms with E-state index in [-0.39, 0.29) is 23.1 Å². The SMILES string of the molecule is Cn1cc(Cl)c(C(=O)Nc2cnn(Cc3ccccc3F)c2)n1. The molecule has 0 saturated carbocycles. The van der Waals surface area contributed by atoms with Gasteiger partial charge in [0.25, 0.3) is 5.91 Å². The fourth-order valence-electron chi connectivity index (χ4n) is 2.12. The van der Waals surface area contributed by atoms with Gasteiger partial charge in [-0.15, -0.1) is 0 Å². The number of aryl methyl sites for hydroxylation is 1. The number of nitrogens with zero attached hydrogens (tertiary/aromatic N) is 4. The average Bonchev–Trinajstić information content (AvgIpc) is 3.07. The summed E-state index contributed by atoms with van der Waals surface area (Å²) in [5.74, 6) is -0.727. The van der Waals surface area contributed by atoms with E-state index in [1.54, 1.807) is 31.4 Å². The molecule has 118 valence electrons. The largest absolute Gasteiger partial charge is 0.318 e. The minimum Gasteiger partial charge on any atom is -0.318 e. The van der Waals surface area contributed by atoms with Crippen LogP contribution in [0.1, 0.15) is 16.1 Å². The smallest absolute Gasteiger partial charge is 0.277 e. The van der Waals surface area contributed by atoms with Gasteiger partial charge in [-0.3, -0.25) is 14.2 Å². The number of aromatic nitrogens is 4. The van der Waals surface area contributed by atoms with Gasteiger partial charge >= 0.3 is 0 Å². The number of benzene rings is 1. The molecule has 3 aromatic rings. The van der Waals surface area contributed by atoms with E-state index < -0.39 is 5.91 Å². The lowest BCUT2D eigenvalue weighted by Crippen LogP contribution is -2.13. The van der Waals surface area contributed by atoms with Crippen LogP contribution in [-0.2, 0) is 13.6 Å². The topological polar surface area (TPSA) is 64.7 Å². The van der Waals surface area contributed by atoms with Gasteiger partial charge in [-0.05, 0) is 6.07 Å². The minimum atomic E-state index is -0.430. The summed E-state index contributed by atoms with van der Waals surface area (Å²) in [7, 11) is 1.68. The monoisotopic (exact) mass is 333 g/mol. The number of carbonyl (C=O) groups is 1. The first-order chi connectivity index (χ1) is 11.0. The molecule has 0 atom stereocenters. The van der Waals surface area contributed by atoms with Crippen LogP contribution in [0, 0.1) is 5.82 Å². The zero-order valence-corrected chi connectivity index (χ0v) is 13.0. The highest BCUT2D eigenvalue weighted by atomic mass is 35.5. The molecule has 0 unspecified atom stereocenters. The predicted octanol–water partition coefficient (Wildman–Crippen LogP) is 2.71. The molecule has 0 aliphatic carbocycles. The maximum atomic E-state index is 13.6. The fraction of sp³-hybridized carbons (Fsp3) is 0.133. The van der Waals surface area contributed by atoms with Gasteiger partial charge in [0.15, 0.2) is 5.69 Å². The summed E-state index contributed by atoms with van der Waals surface area (Å²) in [6.07, 6.45) is 4.63. The molecule has 1 amide bonds. The Morgan fingerprint density at radius 2 is 2.13 bits per heavy atom. The summed E-state index contributed by atoms with van der Waals surface area (Å²) in [4.78, 5) is 12.1. The number of hydrogen-bond donors (Lipinski definition) is 1. The van der Waals surface area contributed by atoms with Gasteiger partial charge in [0.2, 0.25) is 0 Å². The number of halogens is 2. The van der Waals surface area contributed by atoms with E-state index in [1.165, 1.54) is 27.8 Å². The number of anilines is 1. The summed E-state index contributed by atoms with van der Waals surface area (Å²) in [6.45, 7) is 0.271. The first kappa shape index (κ1) is 15.2. The second-order valence-electron chi connectivity index (χ2n) is 4.97. The van der Waals surface area contributed by atoms with Crippen molar-refractivity contribution < 1.29 is 9.18 Å². The zero-order chi connectivity index (χ0) is 16.4. The number of nitrogens with one attached hydrogen (secondary N) is 1. The van der Waals surface area contributed by atoms with Crippen LogP contribution in [0.2, 0.25) is 5.02 Å². The lowest BCUT2D eigenvalue weighted by atomic mass is 10.2. The molecular formula is C15H13ClFN5O. The van der Waals surface area contributed by atoms with Crippen molar-refractivity contribution >= 4 is 23.2 Å². The van der Waals surface area contributed by atoms with Crippen molar-refractivity contribution in [1.82, 2.24) is 19.6 Å². The van der Waals surface area contributed by atoms with Crippen molar-refractivity contribution in [1.29, 1.82) is 0 Å². The van der Waals surface area contributed by atoms with E-state index in [9.17, 15) is 9.18 Å². The average molecular weight is 334 g/mol. The molecule has 0 radical (unpaired) electrons. The molecular weight excluding hydrogens is 321 g/mol. The zero-order valence-electron chi connectivity index (χ0n) is 12.2. The Hall–Kier alpha value is -2.67. The molecule has 1 aromatic carbocycles. The summed E-state index contributed by atoms with van der Waals surface area (Å²) in [6, 6.07) is 6.46. The molecule has 3 rings (SSSR count). The van der Waals surface area contributed by atoms with Crippen LogP contribution in [0.4, 0.5) is 10.1 Å². The Balaban J connectivity index is 1.71. The lowest BCUT2D eigenvalue weighted by Gasteiger charge is -2.03. The number of amides is 1. The molecule has 2 heterocycles.